The highest BCUT2D eigenvalue weighted by Crippen LogP contribution is 2.24. The number of benzene rings is 1. The van der Waals surface area contributed by atoms with E-state index in [2.05, 4.69) is 4.98 Å². The van der Waals surface area contributed by atoms with Crippen LogP contribution in [0.4, 0.5) is 4.39 Å². The summed E-state index contributed by atoms with van der Waals surface area (Å²) in [5.74, 6) is -2.10. The third kappa shape index (κ3) is 4.06. The topological polar surface area (TPSA) is 117 Å². The molecule has 0 bridgehead atoms. The van der Waals surface area contributed by atoms with Crippen LogP contribution in [0.1, 0.15) is 31.1 Å². The molecule has 1 heterocycles. The number of ether oxygens (including phenoxy) is 1. The Morgan fingerprint density at radius 3 is 2.64 bits per heavy atom. The lowest BCUT2D eigenvalue weighted by molar-refractivity contribution is -0.134. The van der Waals surface area contributed by atoms with Crippen molar-refractivity contribution in [1.29, 1.82) is 0 Å². The normalized spacial score (nSPS) is 12.4. The molecule has 0 aliphatic carbocycles. The maximum Gasteiger partial charge on any atom is 0.329 e. The van der Waals surface area contributed by atoms with Crippen molar-refractivity contribution in [2.24, 2.45) is 5.92 Å². The Labute approximate surface area is 142 Å². The number of nitrogens with one attached hydrogen (secondary N) is 2. The molecule has 8 nitrogen and oxygen atoms in total. The molecule has 1 unspecified atom stereocenters. The molecule has 0 fully saturated rings. The SMILES string of the molecule is CC(C)C(C(=O)NO)n1c(O)c(COCc2ccccc2F)[nH]c1=O. The first-order chi connectivity index (χ1) is 11.9. The molecule has 2 aromatic rings. The second-order valence-electron chi connectivity index (χ2n) is 5.85. The minimum Gasteiger partial charge on any atom is -0.493 e. The van der Waals surface area contributed by atoms with Crippen LogP contribution >= 0.6 is 0 Å². The molecular weight excluding hydrogens is 333 g/mol. The van der Waals surface area contributed by atoms with Crippen LogP contribution in [0.5, 0.6) is 5.88 Å². The van der Waals surface area contributed by atoms with Gasteiger partial charge in [-0.25, -0.2) is 19.2 Å². The van der Waals surface area contributed by atoms with Gasteiger partial charge < -0.3 is 14.8 Å². The minimum absolute atomic E-state index is 0.0515. The number of rotatable bonds is 7. The predicted molar refractivity (Wildman–Crippen MR) is 85.4 cm³/mol. The maximum atomic E-state index is 13.5. The fraction of sp³-hybridized carbons (Fsp3) is 0.375. The van der Waals surface area contributed by atoms with Crippen molar-refractivity contribution >= 4 is 5.91 Å². The van der Waals surface area contributed by atoms with Gasteiger partial charge >= 0.3 is 5.69 Å². The van der Waals surface area contributed by atoms with Crippen molar-refractivity contribution in [3.05, 3.63) is 51.8 Å². The Balaban J connectivity index is 2.17. The lowest BCUT2D eigenvalue weighted by Gasteiger charge is -2.19. The van der Waals surface area contributed by atoms with Gasteiger partial charge in [-0.15, -0.1) is 0 Å². The molecule has 0 aliphatic heterocycles. The number of hydroxylamine groups is 1. The van der Waals surface area contributed by atoms with E-state index in [1.807, 2.05) is 0 Å². The molecule has 0 aliphatic rings. The van der Waals surface area contributed by atoms with Crippen molar-refractivity contribution in [3.63, 3.8) is 0 Å². The molecule has 9 heteroatoms. The molecule has 0 saturated carbocycles. The molecule has 1 amide bonds. The number of amides is 1. The van der Waals surface area contributed by atoms with E-state index in [0.717, 1.165) is 4.57 Å². The van der Waals surface area contributed by atoms with Gasteiger partial charge in [-0.3, -0.25) is 10.0 Å². The average molecular weight is 353 g/mol. The van der Waals surface area contributed by atoms with Crippen molar-refractivity contribution in [1.82, 2.24) is 15.0 Å². The van der Waals surface area contributed by atoms with Gasteiger partial charge in [0.05, 0.1) is 13.2 Å². The summed E-state index contributed by atoms with van der Waals surface area (Å²) in [6.45, 7) is 3.08. The Morgan fingerprint density at radius 2 is 2.04 bits per heavy atom. The van der Waals surface area contributed by atoms with Crippen molar-refractivity contribution in [2.45, 2.75) is 33.1 Å². The highest BCUT2D eigenvalue weighted by Gasteiger charge is 2.29. The third-order valence-electron chi connectivity index (χ3n) is 3.72. The summed E-state index contributed by atoms with van der Waals surface area (Å²) < 4.78 is 19.7. The van der Waals surface area contributed by atoms with Gasteiger partial charge in [-0.1, -0.05) is 32.0 Å². The Bertz CT molecular complexity index is 799. The minimum atomic E-state index is -1.10. The molecule has 136 valence electrons. The summed E-state index contributed by atoms with van der Waals surface area (Å²) in [4.78, 5) is 26.3. The second-order valence-corrected chi connectivity index (χ2v) is 5.85. The molecule has 0 spiro atoms. The monoisotopic (exact) mass is 353 g/mol. The van der Waals surface area contributed by atoms with E-state index in [9.17, 15) is 19.1 Å². The number of carbonyl (C=O) groups excluding carboxylic acids is 1. The summed E-state index contributed by atoms with van der Waals surface area (Å²) in [6, 6.07) is 4.98. The average Bonchev–Trinajstić information content (AvgIpc) is 2.84. The summed E-state index contributed by atoms with van der Waals surface area (Å²) in [6.07, 6.45) is 0. The van der Waals surface area contributed by atoms with Gasteiger partial charge in [0.1, 0.15) is 17.6 Å². The number of aromatic nitrogens is 2. The zero-order chi connectivity index (χ0) is 18.6. The number of hydrogen-bond acceptors (Lipinski definition) is 5. The van der Waals surface area contributed by atoms with Crippen LogP contribution in [-0.4, -0.2) is 25.8 Å². The molecule has 0 saturated heterocycles. The van der Waals surface area contributed by atoms with Gasteiger partial charge in [-0.05, 0) is 12.0 Å². The van der Waals surface area contributed by atoms with Crippen LogP contribution in [0.3, 0.4) is 0 Å². The van der Waals surface area contributed by atoms with Gasteiger partial charge in [0.15, 0.2) is 0 Å². The van der Waals surface area contributed by atoms with Gasteiger partial charge in [0.25, 0.3) is 5.91 Å². The standard InChI is InChI=1S/C16H20FN3O5/c1-9(2)13(14(21)19-24)20-15(22)12(18-16(20)23)8-25-7-10-5-3-4-6-11(10)17/h3-6,9,13,22,24H,7-8H2,1-2H3,(H,18,23)(H,19,21). The predicted octanol–water partition coefficient (Wildman–Crippen LogP) is 1.44. The van der Waals surface area contributed by atoms with E-state index in [4.69, 9.17) is 9.94 Å². The zero-order valence-electron chi connectivity index (χ0n) is 13.8. The molecule has 1 aromatic carbocycles. The zero-order valence-corrected chi connectivity index (χ0v) is 13.8. The molecule has 2 rings (SSSR count). The largest absolute Gasteiger partial charge is 0.493 e. The number of aromatic amines is 1. The van der Waals surface area contributed by atoms with Crippen LogP contribution < -0.4 is 11.2 Å². The van der Waals surface area contributed by atoms with Crippen LogP contribution in [0.2, 0.25) is 0 Å². The summed E-state index contributed by atoms with van der Waals surface area (Å²) in [5.41, 5.74) is 1.15. The molecule has 0 radical (unpaired) electrons. The summed E-state index contributed by atoms with van der Waals surface area (Å²) in [5, 5.41) is 19.1. The lowest BCUT2D eigenvalue weighted by Crippen LogP contribution is -2.37. The van der Waals surface area contributed by atoms with Gasteiger partial charge in [-0.2, -0.15) is 0 Å². The van der Waals surface area contributed by atoms with E-state index in [0.29, 0.717) is 5.56 Å². The Morgan fingerprint density at radius 1 is 1.36 bits per heavy atom. The summed E-state index contributed by atoms with van der Waals surface area (Å²) in [7, 11) is 0. The number of halogens is 1. The Hall–Kier alpha value is -2.65. The first kappa shape index (κ1) is 18.7. The molecule has 1 atom stereocenters. The van der Waals surface area contributed by atoms with Gasteiger partial charge in [0.2, 0.25) is 5.88 Å². The molecular formula is C16H20FN3O5. The van der Waals surface area contributed by atoms with Crippen LogP contribution in [0.25, 0.3) is 0 Å². The fourth-order valence-electron chi connectivity index (χ4n) is 2.51. The van der Waals surface area contributed by atoms with Crippen molar-refractivity contribution in [3.8, 4) is 5.88 Å². The first-order valence-electron chi connectivity index (χ1n) is 7.64. The number of aromatic hydroxyl groups is 1. The number of carbonyl (C=O) groups is 1. The molecule has 4 N–H and O–H groups in total. The second kappa shape index (κ2) is 7.95. The highest BCUT2D eigenvalue weighted by atomic mass is 19.1. The number of nitrogens with zero attached hydrogens (tertiary/aromatic N) is 1. The van der Waals surface area contributed by atoms with E-state index in [1.54, 1.807) is 32.0 Å². The van der Waals surface area contributed by atoms with Crippen molar-refractivity contribution in [2.75, 3.05) is 0 Å². The first-order valence-corrected chi connectivity index (χ1v) is 7.64. The maximum absolute atomic E-state index is 13.5. The molecule has 1 aromatic heterocycles. The van der Waals surface area contributed by atoms with Gasteiger partial charge in [0, 0.05) is 5.56 Å². The third-order valence-corrected chi connectivity index (χ3v) is 3.72. The quantitative estimate of drug-likeness (QED) is 0.444. The van der Waals surface area contributed by atoms with Crippen LogP contribution in [0, 0.1) is 11.7 Å². The number of H-pyrrole nitrogens is 1. The van der Waals surface area contributed by atoms with E-state index in [1.165, 1.54) is 11.5 Å². The number of hydrogen-bond donors (Lipinski definition) is 4. The number of imidazole rings is 1. The van der Waals surface area contributed by atoms with E-state index < -0.39 is 29.3 Å². The highest BCUT2D eigenvalue weighted by molar-refractivity contribution is 5.79. The van der Waals surface area contributed by atoms with E-state index >= 15 is 0 Å². The summed E-state index contributed by atoms with van der Waals surface area (Å²) >= 11 is 0. The van der Waals surface area contributed by atoms with Crippen LogP contribution in [0.15, 0.2) is 29.1 Å². The molecule has 25 heavy (non-hydrogen) atoms. The van der Waals surface area contributed by atoms with Crippen molar-refractivity contribution < 1.29 is 24.2 Å². The lowest BCUT2D eigenvalue weighted by atomic mass is 10.0. The smallest absolute Gasteiger partial charge is 0.329 e. The fourth-order valence-corrected chi connectivity index (χ4v) is 2.51. The Kier molecular flexibility index (Phi) is 5.94. The van der Waals surface area contributed by atoms with Crippen LogP contribution in [-0.2, 0) is 22.7 Å². The van der Waals surface area contributed by atoms with E-state index in [-0.39, 0.29) is 24.8 Å².